The lowest BCUT2D eigenvalue weighted by molar-refractivity contribution is -0.128. The number of nitrogens with one attached hydrogen (secondary N) is 1. The number of fused-ring (bicyclic) bond motifs is 4. The number of H-pyrrole nitrogens is 1. The number of para-hydroxylation sites is 1. The molecule has 6 heteroatoms. The molecule has 6 rings (SSSR count). The van der Waals surface area contributed by atoms with E-state index >= 15 is 0 Å². The van der Waals surface area contributed by atoms with E-state index in [0.29, 0.717) is 17.3 Å². The van der Waals surface area contributed by atoms with Crippen molar-refractivity contribution in [3.05, 3.63) is 100 Å². The third-order valence-corrected chi connectivity index (χ3v) is 6.53. The number of carbonyl (C=O) groups is 1. The number of amides is 1. The summed E-state index contributed by atoms with van der Waals surface area (Å²) in [6.07, 6.45) is 4.22. The van der Waals surface area contributed by atoms with E-state index in [1.165, 1.54) is 10.9 Å². The Balaban J connectivity index is 1.42. The van der Waals surface area contributed by atoms with Crippen LogP contribution in [0.5, 0.6) is 11.5 Å². The van der Waals surface area contributed by atoms with Gasteiger partial charge in [-0.15, -0.1) is 0 Å². The van der Waals surface area contributed by atoms with E-state index in [-0.39, 0.29) is 18.7 Å². The molecule has 0 aliphatic carbocycles. The van der Waals surface area contributed by atoms with Crippen molar-refractivity contribution in [3.63, 3.8) is 0 Å². The molecule has 0 bridgehead atoms. The highest BCUT2D eigenvalue weighted by atomic mass is 35.5. The number of aromatic nitrogens is 1. The zero-order valence-electron chi connectivity index (χ0n) is 17.8. The van der Waals surface area contributed by atoms with Crippen LogP contribution in [0, 0.1) is 0 Å². The van der Waals surface area contributed by atoms with Crippen molar-refractivity contribution in [3.8, 4) is 11.5 Å². The molecule has 0 fully saturated rings. The van der Waals surface area contributed by atoms with Crippen LogP contribution in [0.15, 0.2) is 72.8 Å². The highest BCUT2D eigenvalue weighted by molar-refractivity contribution is 6.30. The number of hydrogen-bond acceptors (Lipinski definition) is 3. The van der Waals surface area contributed by atoms with Gasteiger partial charge in [0.25, 0.3) is 0 Å². The topological polar surface area (TPSA) is 54.6 Å². The third kappa shape index (κ3) is 3.55. The highest BCUT2D eigenvalue weighted by Gasteiger charge is 2.34. The van der Waals surface area contributed by atoms with Gasteiger partial charge in [-0.2, -0.15) is 0 Å². The summed E-state index contributed by atoms with van der Waals surface area (Å²) in [4.78, 5) is 18.9. The summed E-state index contributed by atoms with van der Waals surface area (Å²) < 4.78 is 11.1. The van der Waals surface area contributed by atoms with E-state index in [2.05, 4.69) is 23.2 Å². The molecule has 2 aliphatic heterocycles. The van der Waals surface area contributed by atoms with Crippen LogP contribution in [0.3, 0.4) is 0 Å². The predicted octanol–water partition coefficient (Wildman–Crippen LogP) is 5.74. The van der Waals surface area contributed by atoms with Crippen molar-refractivity contribution < 1.29 is 14.3 Å². The van der Waals surface area contributed by atoms with Crippen molar-refractivity contribution in [1.29, 1.82) is 0 Å². The second kappa shape index (κ2) is 8.01. The number of benzene rings is 3. The van der Waals surface area contributed by atoms with Crippen molar-refractivity contribution in [2.75, 3.05) is 13.3 Å². The predicted molar refractivity (Wildman–Crippen MR) is 129 cm³/mol. The molecule has 4 aromatic rings. The maximum Gasteiger partial charge on any atom is 0.247 e. The quantitative estimate of drug-likeness (QED) is 0.400. The number of carbonyl (C=O) groups excluding carboxylic acids is 1. The first-order valence-corrected chi connectivity index (χ1v) is 11.3. The zero-order chi connectivity index (χ0) is 22.4. The van der Waals surface area contributed by atoms with Crippen LogP contribution in [-0.4, -0.2) is 29.1 Å². The van der Waals surface area contributed by atoms with Crippen LogP contribution >= 0.6 is 11.6 Å². The van der Waals surface area contributed by atoms with Gasteiger partial charge in [-0.3, -0.25) is 4.79 Å². The lowest BCUT2D eigenvalue weighted by Crippen LogP contribution is -2.39. The molecule has 0 saturated heterocycles. The molecule has 1 N–H and O–H groups in total. The van der Waals surface area contributed by atoms with Crippen LogP contribution in [0.2, 0.25) is 5.02 Å². The van der Waals surface area contributed by atoms with Gasteiger partial charge >= 0.3 is 0 Å². The Morgan fingerprint density at radius 1 is 1.03 bits per heavy atom. The Morgan fingerprint density at radius 2 is 1.91 bits per heavy atom. The molecule has 0 saturated carbocycles. The second-order valence-electron chi connectivity index (χ2n) is 8.25. The summed E-state index contributed by atoms with van der Waals surface area (Å²) in [5.74, 6) is 1.38. The third-order valence-electron chi connectivity index (χ3n) is 6.30. The Hall–Kier alpha value is -3.70. The minimum absolute atomic E-state index is 0.0538. The van der Waals surface area contributed by atoms with Crippen molar-refractivity contribution >= 4 is 34.5 Å². The number of hydrogen-bond donors (Lipinski definition) is 1. The molecule has 1 aromatic heterocycles. The smallest absolute Gasteiger partial charge is 0.247 e. The molecule has 33 heavy (non-hydrogen) atoms. The van der Waals surface area contributed by atoms with Gasteiger partial charge in [0.15, 0.2) is 11.5 Å². The van der Waals surface area contributed by atoms with Crippen LogP contribution in [0.4, 0.5) is 0 Å². The summed E-state index contributed by atoms with van der Waals surface area (Å²) in [6, 6.07) is 21.4. The fourth-order valence-corrected chi connectivity index (χ4v) is 4.98. The van der Waals surface area contributed by atoms with E-state index in [0.717, 1.165) is 34.5 Å². The van der Waals surface area contributed by atoms with Gasteiger partial charge in [0.1, 0.15) is 0 Å². The highest BCUT2D eigenvalue weighted by Crippen LogP contribution is 2.42. The Morgan fingerprint density at radius 3 is 2.82 bits per heavy atom. The van der Waals surface area contributed by atoms with Gasteiger partial charge in [0.2, 0.25) is 12.7 Å². The summed E-state index contributed by atoms with van der Waals surface area (Å²) in [5.41, 5.74) is 5.26. The maximum absolute atomic E-state index is 13.4. The van der Waals surface area contributed by atoms with E-state index < -0.39 is 0 Å². The minimum atomic E-state index is -0.257. The molecule has 1 unspecified atom stereocenters. The first-order valence-electron chi connectivity index (χ1n) is 10.9. The average molecular weight is 457 g/mol. The lowest BCUT2D eigenvalue weighted by atomic mass is 9.92. The van der Waals surface area contributed by atoms with Crippen molar-refractivity contribution in [2.45, 2.75) is 12.5 Å². The molecule has 1 amide bonds. The minimum Gasteiger partial charge on any atom is -0.454 e. The normalized spacial score (nSPS) is 17.0. The SMILES string of the molecule is O=C(C=Cc1cccc(Cl)c1)N1CCc2c([nH]c3ccccc23)C1c1ccc2c(c1)OCO2. The number of halogens is 1. The lowest BCUT2D eigenvalue weighted by Gasteiger charge is -2.35. The summed E-state index contributed by atoms with van der Waals surface area (Å²) in [5, 5.41) is 1.85. The molecular weight excluding hydrogens is 436 g/mol. The molecule has 2 aliphatic rings. The van der Waals surface area contributed by atoms with Gasteiger partial charge < -0.3 is 19.4 Å². The number of ether oxygens (including phenoxy) is 2. The Labute approximate surface area is 196 Å². The van der Waals surface area contributed by atoms with Gasteiger partial charge in [-0.05, 0) is 59.5 Å². The number of rotatable bonds is 3. The van der Waals surface area contributed by atoms with Crippen LogP contribution in [0.1, 0.15) is 28.4 Å². The van der Waals surface area contributed by atoms with E-state index in [1.54, 1.807) is 6.08 Å². The van der Waals surface area contributed by atoms with Gasteiger partial charge in [0, 0.05) is 34.2 Å². The molecule has 164 valence electrons. The van der Waals surface area contributed by atoms with Gasteiger partial charge in [-0.25, -0.2) is 0 Å². The molecular formula is C27H21ClN2O3. The van der Waals surface area contributed by atoms with Crippen molar-refractivity contribution in [1.82, 2.24) is 9.88 Å². The fourth-order valence-electron chi connectivity index (χ4n) is 4.78. The summed E-state index contributed by atoms with van der Waals surface area (Å²) >= 11 is 6.10. The van der Waals surface area contributed by atoms with E-state index in [1.807, 2.05) is 59.5 Å². The Bertz CT molecular complexity index is 1410. The monoisotopic (exact) mass is 456 g/mol. The van der Waals surface area contributed by atoms with Crippen LogP contribution in [0.25, 0.3) is 17.0 Å². The van der Waals surface area contributed by atoms with E-state index in [9.17, 15) is 4.79 Å². The van der Waals surface area contributed by atoms with E-state index in [4.69, 9.17) is 21.1 Å². The number of nitrogens with zero attached hydrogens (tertiary/aromatic N) is 1. The molecule has 5 nitrogen and oxygen atoms in total. The fraction of sp³-hybridized carbons (Fsp3) is 0.148. The number of aromatic amines is 1. The van der Waals surface area contributed by atoms with Gasteiger partial charge in [0.05, 0.1) is 6.04 Å². The van der Waals surface area contributed by atoms with Crippen LogP contribution in [-0.2, 0) is 11.2 Å². The average Bonchev–Trinajstić information content (AvgIpc) is 3.46. The van der Waals surface area contributed by atoms with Crippen molar-refractivity contribution in [2.24, 2.45) is 0 Å². The first kappa shape index (κ1) is 19.9. The largest absolute Gasteiger partial charge is 0.454 e. The standard InChI is InChI=1S/C27H21ClN2O3/c28-19-5-3-4-17(14-19)8-11-25(31)30-13-12-21-20-6-1-2-7-22(20)29-26(21)27(30)18-9-10-23-24(15-18)33-16-32-23/h1-11,14-15,27,29H,12-13,16H2. The van der Waals surface area contributed by atoms with Crippen LogP contribution < -0.4 is 9.47 Å². The van der Waals surface area contributed by atoms with Gasteiger partial charge in [-0.1, -0.05) is 48.0 Å². The molecule has 3 aromatic carbocycles. The Kier molecular flexibility index (Phi) is 4.84. The first-order chi connectivity index (χ1) is 16.2. The molecule has 0 spiro atoms. The summed E-state index contributed by atoms with van der Waals surface area (Å²) in [7, 11) is 0. The second-order valence-corrected chi connectivity index (χ2v) is 8.68. The summed E-state index contributed by atoms with van der Waals surface area (Å²) in [6.45, 7) is 0.832. The molecule has 3 heterocycles. The molecule has 0 radical (unpaired) electrons. The zero-order valence-corrected chi connectivity index (χ0v) is 18.5. The maximum atomic E-state index is 13.4. The molecule has 1 atom stereocenters.